The molecule has 0 bridgehead atoms. The first-order chi connectivity index (χ1) is 9.40. The van der Waals surface area contributed by atoms with Crippen LogP contribution in [0.15, 0.2) is 16.0 Å². The van der Waals surface area contributed by atoms with E-state index in [2.05, 4.69) is 42.3 Å². The van der Waals surface area contributed by atoms with E-state index < -0.39 is 0 Å². The Bertz CT molecular complexity index is 618. The molecule has 6 heteroatoms. The Morgan fingerprint density at radius 1 is 1.50 bits per heavy atom. The van der Waals surface area contributed by atoms with Crippen LogP contribution in [0.2, 0.25) is 0 Å². The van der Waals surface area contributed by atoms with Crippen LogP contribution in [0.25, 0.3) is 0 Å². The normalized spacial score (nSPS) is 13.2. The summed E-state index contributed by atoms with van der Waals surface area (Å²) < 4.78 is 5.30. The fourth-order valence-electron chi connectivity index (χ4n) is 1.59. The predicted molar refractivity (Wildman–Crippen MR) is 77.3 cm³/mol. The topological polar surface area (TPSA) is 74.7 Å². The number of nitriles is 1. The van der Waals surface area contributed by atoms with Crippen molar-refractivity contribution in [2.24, 2.45) is 0 Å². The fourth-order valence-corrected chi connectivity index (χ4v) is 2.35. The predicted octanol–water partition coefficient (Wildman–Crippen LogP) is 3.15. The van der Waals surface area contributed by atoms with Crippen molar-refractivity contribution < 1.29 is 4.52 Å². The second-order valence-electron chi connectivity index (χ2n) is 5.72. The van der Waals surface area contributed by atoms with Gasteiger partial charge in [0.15, 0.2) is 5.82 Å². The van der Waals surface area contributed by atoms with E-state index in [1.54, 1.807) is 11.3 Å². The second kappa shape index (κ2) is 5.73. The fraction of sp³-hybridized carbons (Fsp3) is 0.500. The first-order valence-corrected chi connectivity index (χ1v) is 7.33. The lowest BCUT2D eigenvalue weighted by Crippen LogP contribution is -2.18. The van der Waals surface area contributed by atoms with E-state index in [-0.39, 0.29) is 11.5 Å². The smallest absolute Gasteiger partial charge is 0.243 e. The molecule has 5 nitrogen and oxygen atoms in total. The van der Waals surface area contributed by atoms with E-state index >= 15 is 0 Å². The maximum atomic E-state index is 8.79. The van der Waals surface area contributed by atoms with Crippen LogP contribution in [-0.4, -0.2) is 10.1 Å². The van der Waals surface area contributed by atoms with Gasteiger partial charge in [-0.25, -0.2) is 0 Å². The first kappa shape index (κ1) is 14.7. The van der Waals surface area contributed by atoms with Gasteiger partial charge in [0.1, 0.15) is 6.07 Å². The van der Waals surface area contributed by atoms with Crippen molar-refractivity contribution in [3.63, 3.8) is 0 Å². The Labute approximate surface area is 122 Å². The van der Waals surface area contributed by atoms with Crippen molar-refractivity contribution in [2.45, 2.75) is 45.7 Å². The summed E-state index contributed by atoms with van der Waals surface area (Å²) in [5.41, 5.74) is 0.587. The molecular weight excluding hydrogens is 272 g/mol. The SMILES string of the molecule is CC(NCc1cc(C#N)cs1)c1nc(C(C)(C)C)no1. The van der Waals surface area contributed by atoms with Gasteiger partial charge in [0, 0.05) is 22.2 Å². The Kier molecular flexibility index (Phi) is 4.21. The molecule has 1 unspecified atom stereocenters. The first-order valence-electron chi connectivity index (χ1n) is 6.45. The van der Waals surface area contributed by atoms with E-state index in [9.17, 15) is 0 Å². The second-order valence-corrected chi connectivity index (χ2v) is 6.72. The maximum Gasteiger partial charge on any atom is 0.243 e. The number of aromatic nitrogens is 2. The van der Waals surface area contributed by atoms with E-state index in [4.69, 9.17) is 9.78 Å². The summed E-state index contributed by atoms with van der Waals surface area (Å²) in [6.45, 7) is 8.82. The van der Waals surface area contributed by atoms with E-state index in [1.807, 2.05) is 18.4 Å². The number of hydrogen-bond acceptors (Lipinski definition) is 6. The number of nitrogens with one attached hydrogen (secondary N) is 1. The summed E-state index contributed by atoms with van der Waals surface area (Å²) in [7, 11) is 0. The number of thiophene rings is 1. The van der Waals surface area contributed by atoms with Crippen LogP contribution in [0.4, 0.5) is 0 Å². The van der Waals surface area contributed by atoms with Crippen LogP contribution < -0.4 is 5.32 Å². The Morgan fingerprint density at radius 2 is 2.25 bits per heavy atom. The number of rotatable bonds is 4. The molecule has 0 fully saturated rings. The van der Waals surface area contributed by atoms with Crippen LogP contribution >= 0.6 is 11.3 Å². The third-order valence-corrected chi connectivity index (χ3v) is 3.79. The van der Waals surface area contributed by atoms with Crippen molar-refractivity contribution >= 4 is 11.3 Å². The maximum absolute atomic E-state index is 8.79. The van der Waals surface area contributed by atoms with Gasteiger partial charge in [0.25, 0.3) is 0 Å². The summed E-state index contributed by atoms with van der Waals surface area (Å²) in [6.07, 6.45) is 0. The molecule has 1 N–H and O–H groups in total. The third-order valence-electron chi connectivity index (χ3n) is 2.85. The molecule has 0 saturated carbocycles. The standard InChI is InChI=1S/C14H18N4OS/c1-9(12-17-13(18-19-12)14(2,3)4)16-7-11-5-10(6-15)8-20-11/h5,8-9,16H,7H2,1-4H3. The van der Waals surface area contributed by atoms with Gasteiger partial charge in [-0.1, -0.05) is 25.9 Å². The molecule has 0 amide bonds. The van der Waals surface area contributed by atoms with Gasteiger partial charge in [0.2, 0.25) is 5.89 Å². The molecule has 0 saturated heterocycles. The molecule has 20 heavy (non-hydrogen) atoms. The van der Waals surface area contributed by atoms with Gasteiger partial charge in [-0.05, 0) is 13.0 Å². The van der Waals surface area contributed by atoms with Gasteiger partial charge in [-0.3, -0.25) is 0 Å². The molecule has 1 atom stereocenters. The zero-order valence-electron chi connectivity index (χ0n) is 12.1. The molecule has 2 aromatic heterocycles. The zero-order chi connectivity index (χ0) is 14.8. The molecule has 0 aliphatic heterocycles. The van der Waals surface area contributed by atoms with Gasteiger partial charge >= 0.3 is 0 Å². The van der Waals surface area contributed by atoms with Crippen LogP contribution in [0.1, 0.15) is 55.9 Å². The molecule has 2 rings (SSSR count). The Balaban J connectivity index is 1.96. The highest BCUT2D eigenvalue weighted by molar-refractivity contribution is 7.10. The van der Waals surface area contributed by atoms with Crippen molar-refractivity contribution in [1.29, 1.82) is 5.26 Å². The summed E-state index contributed by atoms with van der Waals surface area (Å²) >= 11 is 1.57. The molecule has 2 heterocycles. The zero-order valence-corrected chi connectivity index (χ0v) is 12.9. The van der Waals surface area contributed by atoms with E-state index in [0.29, 0.717) is 23.8 Å². The minimum atomic E-state index is -0.114. The minimum Gasteiger partial charge on any atom is -0.338 e. The van der Waals surface area contributed by atoms with Gasteiger partial charge in [-0.15, -0.1) is 11.3 Å². The van der Waals surface area contributed by atoms with Gasteiger partial charge in [-0.2, -0.15) is 10.2 Å². The molecule has 0 spiro atoms. The molecule has 2 aromatic rings. The van der Waals surface area contributed by atoms with Crippen LogP contribution in [0.3, 0.4) is 0 Å². The summed E-state index contributed by atoms with van der Waals surface area (Å²) in [5.74, 6) is 1.30. The van der Waals surface area contributed by atoms with Crippen LogP contribution in [0, 0.1) is 11.3 Å². The highest BCUT2D eigenvalue weighted by Crippen LogP contribution is 2.21. The Morgan fingerprint density at radius 3 is 2.80 bits per heavy atom. The monoisotopic (exact) mass is 290 g/mol. The average molecular weight is 290 g/mol. The molecular formula is C14H18N4OS. The van der Waals surface area contributed by atoms with Crippen LogP contribution in [0.5, 0.6) is 0 Å². The quantitative estimate of drug-likeness (QED) is 0.936. The summed E-state index contributed by atoms with van der Waals surface area (Å²) in [5, 5.41) is 18.0. The lowest BCUT2D eigenvalue weighted by atomic mass is 9.96. The Hall–Kier alpha value is -1.71. The summed E-state index contributed by atoms with van der Waals surface area (Å²) in [4.78, 5) is 5.54. The molecule has 0 aromatic carbocycles. The van der Waals surface area contributed by atoms with E-state index in [0.717, 1.165) is 4.88 Å². The van der Waals surface area contributed by atoms with Crippen LogP contribution in [-0.2, 0) is 12.0 Å². The van der Waals surface area contributed by atoms with Crippen molar-refractivity contribution in [2.75, 3.05) is 0 Å². The van der Waals surface area contributed by atoms with Crippen molar-refractivity contribution in [3.05, 3.63) is 33.6 Å². The highest BCUT2D eigenvalue weighted by atomic mass is 32.1. The highest BCUT2D eigenvalue weighted by Gasteiger charge is 2.22. The van der Waals surface area contributed by atoms with E-state index in [1.165, 1.54) is 0 Å². The van der Waals surface area contributed by atoms with Crippen molar-refractivity contribution in [3.8, 4) is 6.07 Å². The summed E-state index contributed by atoms with van der Waals surface area (Å²) in [6, 6.07) is 3.99. The minimum absolute atomic E-state index is 0.0220. The lowest BCUT2D eigenvalue weighted by molar-refractivity contribution is 0.331. The third kappa shape index (κ3) is 3.44. The molecule has 0 aliphatic carbocycles. The largest absolute Gasteiger partial charge is 0.338 e. The van der Waals surface area contributed by atoms with Gasteiger partial charge < -0.3 is 9.84 Å². The molecule has 106 valence electrons. The number of hydrogen-bond donors (Lipinski definition) is 1. The molecule has 0 aliphatic rings. The average Bonchev–Trinajstić information content (AvgIpc) is 3.04. The van der Waals surface area contributed by atoms with Gasteiger partial charge in [0.05, 0.1) is 11.6 Å². The lowest BCUT2D eigenvalue weighted by Gasteiger charge is -2.11. The number of nitrogens with zero attached hydrogens (tertiary/aromatic N) is 3. The van der Waals surface area contributed by atoms with Crippen molar-refractivity contribution in [1.82, 2.24) is 15.5 Å². The molecule has 0 radical (unpaired) electrons.